The van der Waals surface area contributed by atoms with Crippen molar-refractivity contribution in [1.29, 1.82) is 0 Å². The fourth-order valence-corrected chi connectivity index (χ4v) is 2.44. The molecule has 0 aliphatic carbocycles. The molecular formula is C17H15NO2. The van der Waals surface area contributed by atoms with Gasteiger partial charge in [-0.1, -0.05) is 30.3 Å². The summed E-state index contributed by atoms with van der Waals surface area (Å²) in [6.45, 7) is 0.685. The summed E-state index contributed by atoms with van der Waals surface area (Å²) in [7, 11) is 1.64. The number of hydrogen-bond donors (Lipinski definition) is 0. The number of ether oxygens (including phenoxy) is 1. The molecule has 3 aromatic rings. The lowest BCUT2D eigenvalue weighted by Gasteiger charge is -2.08. The average molecular weight is 265 g/mol. The number of fused-ring (bicyclic) bond motifs is 1. The van der Waals surface area contributed by atoms with Gasteiger partial charge in [-0.15, -0.1) is 0 Å². The number of carbonyl (C=O) groups is 1. The summed E-state index contributed by atoms with van der Waals surface area (Å²) in [5.41, 5.74) is 2.89. The van der Waals surface area contributed by atoms with Gasteiger partial charge in [0.15, 0.2) is 6.29 Å². The monoisotopic (exact) mass is 265 g/mol. The van der Waals surface area contributed by atoms with Gasteiger partial charge >= 0.3 is 0 Å². The Labute approximate surface area is 117 Å². The molecular weight excluding hydrogens is 250 g/mol. The molecule has 20 heavy (non-hydrogen) atoms. The highest BCUT2D eigenvalue weighted by atomic mass is 16.5. The summed E-state index contributed by atoms with van der Waals surface area (Å²) in [6, 6.07) is 17.9. The summed E-state index contributed by atoms with van der Waals surface area (Å²) >= 11 is 0. The largest absolute Gasteiger partial charge is 0.497 e. The van der Waals surface area contributed by atoms with Crippen LogP contribution in [0, 0.1) is 0 Å². The van der Waals surface area contributed by atoms with E-state index < -0.39 is 0 Å². The molecule has 0 saturated heterocycles. The zero-order chi connectivity index (χ0) is 13.9. The molecule has 0 saturated carbocycles. The van der Waals surface area contributed by atoms with Crippen LogP contribution in [0.25, 0.3) is 10.9 Å². The Balaban J connectivity index is 2.11. The SMILES string of the molecule is COc1ccc2c(c1)cc(C=O)n2Cc1ccccc1. The van der Waals surface area contributed by atoms with Crippen molar-refractivity contribution < 1.29 is 9.53 Å². The topological polar surface area (TPSA) is 31.2 Å². The first-order valence-electron chi connectivity index (χ1n) is 6.48. The Morgan fingerprint density at radius 1 is 1.10 bits per heavy atom. The minimum atomic E-state index is 0.678. The smallest absolute Gasteiger partial charge is 0.166 e. The maximum Gasteiger partial charge on any atom is 0.166 e. The van der Waals surface area contributed by atoms with Gasteiger partial charge < -0.3 is 9.30 Å². The molecule has 0 atom stereocenters. The highest BCUT2D eigenvalue weighted by Gasteiger charge is 2.09. The zero-order valence-electron chi connectivity index (χ0n) is 11.2. The quantitative estimate of drug-likeness (QED) is 0.676. The minimum absolute atomic E-state index is 0.678. The number of aromatic nitrogens is 1. The molecule has 0 fully saturated rings. The van der Waals surface area contributed by atoms with Crippen LogP contribution in [-0.2, 0) is 6.54 Å². The predicted molar refractivity (Wildman–Crippen MR) is 79.4 cm³/mol. The molecule has 3 heteroatoms. The van der Waals surface area contributed by atoms with Crippen LogP contribution >= 0.6 is 0 Å². The van der Waals surface area contributed by atoms with E-state index >= 15 is 0 Å². The first kappa shape index (κ1) is 12.5. The lowest BCUT2D eigenvalue weighted by molar-refractivity contribution is 0.111. The molecule has 2 aromatic carbocycles. The van der Waals surface area contributed by atoms with Crippen LogP contribution < -0.4 is 4.74 Å². The van der Waals surface area contributed by atoms with Crippen molar-refractivity contribution in [3.63, 3.8) is 0 Å². The van der Waals surface area contributed by atoms with Gasteiger partial charge in [-0.05, 0) is 29.8 Å². The Hall–Kier alpha value is -2.55. The van der Waals surface area contributed by atoms with E-state index in [-0.39, 0.29) is 0 Å². The van der Waals surface area contributed by atoms with Gasteiger partial charge in [0, 0.05) is 17.4 Å². The van der Waals surface area contributed by atoms with E-state index in [0.29, 0.717) is 12.2 Å². The molecule has 0 amide bonds. The van der Waals surface area contributed by atoms with Gasteiger partial charge in [0.05, 0.1) is 12.8 Å². The molecule has 0 unspecified atom stereocenters. The molecule has 1 aromatic heterocycles. The molecule has 0 N–H and O–H groups in total. The number of rotatable bonds is 4. The molecule has 3 rings (SSSR count). The van der Waals surface area contributed by atoms with Crippen LogP contribution in [0.5, 0.6) is 5.75 Å². The highest BCUT2D eigenvalue weighted by molar-refractivity contribution is 5.89. The Morgan fingerprint density at radius 2 is 1.90 bits per heavy atom. The van der Waals surface area contributed by atoms with E-state index in [2.05, 4.69) is 12.1 Å². The molecule has 100 valence electrons. The van der Waals surface area contributed by atoms with Gasteiger partial charge in [-0.2, -0.15) is 0 Å². The number of hydrogen-bond acceptors (Lipinski definition) is 2. The summed E-state index contributed by atoms with van der Waals surface area (Å²) in [4.78, 5) is 11.3. The maximum absolute atomic E-state index is 11.3. The van der Waals surface area contributed by atoms with Crippen molar-refractivity contribution in [2.45, 2.75) is 6.54 Å². The summed E-state index contributed by atoms with van der Waals surface area (Å²) < 4.78 is 7.25. The minimum Gasteiger partial charge on any atom is -0.497 e. The molecule has 3 nitrogen and oxygen atoms in total. The van der Waals surface area contributed by atoms with E-state index in [1.165, 1.54) is 5.56 Å². The fraction of sp³-hybridized carbons (Fsp3) is 0.118. The van der Waals surface area contributed by atoms with E-state index in [1.807, 2.05) is 47.0 Å². The van der Waals surface area contributed by atoms with Crippen LogP contribution in [0.3, 0.4) is 0 Å². The second-order valence-electron chi connectivity index (χ2n) is 4.68. The highest BCUT2D eigenvalue weighted by Crippen LogP contribution is 2.24. The maximum atomic E-state index is 11.3. The van der Waals surface area contributed by atoms with Crippen LogP contribution in [0.1, 0.15) is 16.1 Å². The Bertz CT molecular complexity index is 744. The van der Waals surface area contributed by atoms with Gasteiger partial charge in [0.1, 0.15) is 5.75 Å². The normalized spacial score (nSPS) is 10.7. The lowest BCUT2D eigenvalue weighted by Crippen LogP contribution is -2.03. The van der Waals surface area contributed by atoms with Gasteiger partial charge in [0.25, 0.3) is 0 Å². The predicted octanol–water partition coefficient (Wildman–Crippen LogP) is 3.51. The van der Waals surface area contributed by atoms with E-state index in [4.69, 9.17) is 4.74 Å². The first-order chi connectivity index (χ1) is 9.81. The fourth-order valence-electron chi connectivity index (χ4n) is 2.44. The van der Waals surface area contributed by atoms with Crippen LogP contribution in [0.2, 0.25) is 0 Å². The van der Waals surface area contributed by atoms with Crippen molar-refractivity contribution in [1.82, 2.24) is 4.57 Å². The first-order valence-corrected chi connectivity index (χ1v) is 6.48. The third-order valence-electron chi connectivity index (χ3n) is 3.44. The van der Waals surface area contributed by atoms with Crippen molar-refractivity contribution in [3.8, 4) is 5.75 Å². The van der Waals surface area contributed by atoms with Crippen molar-refractivity contribution in [3.05, 3.63) is 65.9 Å². The number of methoxy groups -OCH3 is 1. The lowest BCUT2D eigenvalue weighted by atomic mass is 10.2. The Morgan fingerprint density at radius 3 is 2.60 bits per heavy atom. The number of carbonyl (C=O) groups excluding carboxylic acids is 1. The van der Waals surface area contributed by atoms with Crippen molar-refractivity contribution in [2.75, 3.05) is 7.11 Å². The second-order valence-corrected chi connectivity index (χ2v) is 4.68. The molecule has 0 aliphatic rings. The van der Waals surface area contributed by atoms with Crippen LogP contribution in [0.4, 0.5) is 0 Å². The van der Waals surface area contributed by atoms with E-state index in [9.17, 15) is 4.79 Å². The van der Waals surface area contributed by atoms with Crippen LogP contribution in [-0.4, -0.2) is 18.0 Å². The Kier molecular flexibility index (Phi) is 3.25. The van der Waals surface area contributed by atoms with Gasteiger partial charge in [0.2, 0.25) is 0 Å². The summed E-state index contributed by atoms with van der Waals surface area (Å²) in [5.74, 6) is 0.798. The van der Waals surface area contributed by atoms with Gasteiger partial charge in [-0.3, -0.25) is 4.79 Å². The zero-order valence-corrected chi connectivity index (χ0v) is 11.2. The summed E-state index contributed by atoms with van der Waals surface area (Å²) in [5, 5.41) is 1.02. The summed E-state index contributed by atoms with van der Waals surface area (Å²) in [6.07, 6.45) is 0.898. The second kappa shape index (κ2) is 5.21. The molecule has 0 spiro atoms. The third kappa shape index (κ3) is 2.18. The molecule has 0 radical (unpaired) electrons. The standard InChI is InChI=1S/C17H15NO2/c1-20-16-7-8-17-14(10-16)9-15(12-19)18(17)11-13-5-3-2-4-6-13/h2-10,12H,11H2,1H3. The average Bonchev–Trinajstić information content (AvgIpc) is 2.85. The number of aldehydes is 1. The van der Waals surface area contributed by atoms with E-state index in [0.717, 1.165) is 22.9 Å². The molecule has 0 bridgehead atoms. The van der Waals surface area contributed by atoms with Gasteiger partial charge in [-0.25, -0.2) is 0 Å². The number of nitrogens with zero attached hydrogens (tertiary/aromatic N) is 1. The molecule has 1 heterocycles. The third-order valence-corrected chi connectivity index (χ3v) is 3.44. The van der Waals surface area contributed by atoms with Crippen molar-refractivity contribution in [2.24, 2.45) is 0 Å². The van der Waals surface area contributed by atoms with E-state index in [1.54, 1.807) is 7.11 Å². The molecule has 0 aliphatic heterocycles. The number of benzene rings is 2. The van der Waals surface area contributed by atoms with Crippen LogP contribution in [0.15, 0.2) is 54.6 Å². The van der Waals surface area contributed by atoms with Crippen molar-refractivity contribution >= 4 is 17.2 Å².